The first-order valence-electron chi connectivity index (χ1n) is 8.83. The predicted molar refractivity (Wildman–Crippen MR) is 102 cm³/mol. The maximum atomic E-state index is 13.3. The van der Waals surface area contributed by atoms with Gasteiger partial charge in [-0.05, 0) is 48.9 Å². The van der Waals surface area contributed by atoms with Crippen LogP contribution in [0.15, 0.2) is 47.4 Å². The van der Waals surface area contributed by atoms with Gasteiger partial charge >= 0.3 is 5.97 Å². The number of carbonyl (C=O) groups is 1. The first-order chi connectivity index (χ1) is 13.9. The number of nitriles is 1. The Kier molecular flexibility index (Phi) is 4.68. The van der Waals surface area contributed by atoms with E-state index in [1.165, 1.54) is 24.3 Å². The highest BCUT2D eigenvalue weighted by molar-refractivity contribution is 7.92. The van der Waals surface area contributed by atoms with E-state index in [0.717, 1.165) is 0 Å². The van der Waals surface area contributed by atoms with Crippen LogP contribution in [0.5, 0.6) is 11.5 Å². The molecule has 1 saturated carbocycles. The lowest BCUT2D eigenvalue weighted by molar-refractivity contribution is -0.147. The Morgan fingerprint density at radius 2 is 1.93 bits per heavy atom. The van der Waals surface area contributed by atoms with Gasteiger partial charge in [0, 0.05) is 10.9 Å². The molecule has 0 saturated heterocycles. The smallest absolute Gasteiger partial charge is 0.328 e. The van der Waals surface area contributed by atoms with E-state index in [2.05, 4.69) is 0 Å². The normalized spacial score (nSPS) is 24.6. The second kappa shape index (κ2) is 6.94. The van der Waals surface area contributed by atoms with Crippen molar-refractivity contribution in [1.82, 2.24) is 0 Å². The number of benzene rings is 2. The van der Waals surface area contributed by atoms with E-state index in [9.17, 15) is 18.5 Å². The minimum atomic E-state index is -4.03. The lowest BCUT2D eigenvalue weighted by Gasteiger charge is -2.09. The maximum absolute atomic E-state index is 13.3. The third kappa shape index (κ3) is 2.93. The molecule has 2 aromatic carbocycles. The van der Waals surface area contributed by atoms with Gasteiger partial charge in [-0.25, -0.2) is 8.42 Å². The highest BCUT2D eigenvalue weighted by Crippen LogP contribution is 2.65. The van der Waals surface area contributed by atoms with Crippen molar-refractivity contribution in [1.29, 1.82) is 5.26 Å². The van der Waals surface area contributed by atoms with Gasteiger partial charge in [0.15, 0.2) is 26.8 Å². The fraction of sp³-hybridized carbons (Fsp3) is 0.300. The SMILES string of the molecule is CCOC(=O)C1(C#N)C(c2ccc3c(c2)OCO3)C1S(=O)(=O)c1ccc(Cl)cc1. The molecular weight excluding hydrogens is 418 g/mol. The third-order valence-corrected chi connectivity index (χ3v) is 7.66. The summed E-state index contributed by atoms with van der Waals surface area (Å²) in [6.45, 7) is 1.69. The molecule has 1 fully saturated rings. The van der Waals surface area contributed by atoms with Crippen LogP contribution in [-0.4, -0.2) is 33.0 Å². The van der Waals surface area contributed by atoms with Crippen LogP contribution in [0, 0.1) is 16.7 Å². The lowest BCUT2D eigenvalue weighted by Crippen LogP contribution is -2.25. The van der Waals surface area contributed by atoms with Crippen LogP contribution in [0.1, 0.15) is 18.4 Å². The van der Waals surface area contributed by atoms with E-state index < -0.39 is 32.4 Å². The van der Waals surface area contributed by atoms with Gasteiger partial charge < -0.3 is 14.2 Å². The second-order valence-electron chi connectivity index (χ2n) is 6.71. The molecule has 1 heterocycles. The lowest BCUT2D eigenvalue weighted by atomic mass is 10.0. The minimum absolute atomic E-state index is 0.0148. The van der Waals surface area contributed by atoms with E-state index in [-0.39, 0.29) is 18.3 Å². The second-order valence-corrected chi connectivity index (χ2v) is 9.22. The Bertz CT molecular complexity index is 1120. The Balaban J connectivity index is 1.82. The van der Waals surface area contributed by atoms with Crippen molar-refractivity contribution in [3.8, 4) is 17.6 Å². The van der Waals surface area contributed by atoms with Crippen molar-refractivity contribution in [3.63, 3.8) is 0 Å². The van der Waals surface area contributed by atoms with E-state index in [1.807, 2.05) is 6.07 Å². The van der Waals surface area contributed by atoms with Crippen LogP contribution in [0.2, 0.25) is 5.02 Å². The summed E-state index contributed by atoms with van der Waals surface area (Å²) in [5, 5.41) is 9.00. The molecule has 150 valence electrons. The summed E-state index contributed by atoms with van der Waals surface area (Å²) in [4.78, 5) is 12.7. The Morgan fingerprint density at radius 1 is 1.24 bits per heavy atom. The van der Waals surface area contributed by atoms with Crippen molar-refractivity contribution >= 4 is 27.4 Å². The first kappa shape index (κ1) is 19.6. The van der Waals surface area contributed by atoms with Gasteiger partial charge in [0.2, 0.25) is 6.79 Å². The van der Waals surface area contributed by atoms with Crippen molar-refractivity contribution in [2.75, 3.05) is 13.4 Å². The van der Waals surface area contributed by atoms with Gasteiger partial charge in [0.1, 0.15) is 5.25 Å². The van der Waals surface area contributed by atoms with Gasteiger partial charge in [-0.3, -0.25) is 4.79 Å². The summed E-state index contributed by atoms with van der Waals surface area (Å²) in [5.74, 6) is -0.799. The van der Waals surface area contributed by atoms with Gasteiger partial charge in [0.05, 0.1) is 17.6 Å². The molecule has 0 aromatic heterocycles. The molecule has 29 heavy (non-hydrogen) atoms. The third-order valence-electron chi connectivity index (χ3n) is 5.16. The Morgan fingerprint density at radius 3 is 2.59 bits per heavy atom. The number of ether oxygens (including phenoxy) is 3. The average Bonchev–Trinajstić information content (AvgIpc) is 3.20. The topological polar surface area (TPSA) is 103 Å². The summed E-state index contributed by atoms with van der Waals surface area (Å²) < 4.78 is 42.4. The molecule has 1 aliphatic heterocycles. The number of rotatable bonds is 5. The molecule has 0 radical (unpaired) electrons. The highest BCUT2D eigenvalue weighted by atomic mass is 35.5. The van der Waals surface area contributed by atoms with Crippen LogP contribution in [0.3, 0.4) is 0 Å². The largest absolute Gasteiger partial charge is 0.465 e. The van der Waals surface area contributed by atoms with Gasteiger partial charge in [-0.15, -0.1) is 0 Å². The fourth-order valence-electron chi connectivity index (χ4n) is 3.77. The molecule has 2 aromatic rings. The maximum Gasteiger partial charge on any atom is 0.328 e. The van der Waals surface area contributed by atoms with Gasteiger partial charge in [-0.2, -0.15) is 5.26 Å². The average molecular weight is 434 g/mol. The van der Waals surface area contributed by atoms with E-state index >= 15 is 0 Å². The monoisotopic (exact) mass is 433 g/mol. The number of nitrogens with zero attached hydrogens (tertiary/aromatic N) is 1. The molecule has 3 atom stereocenters. The minimum Gasteiger partial charge on any atom is -0.465 e. The number of carbonyl (C=O) groups excluding carboxylic acids is 1. The molecule has 0 spiro atoms. The van der Waals surface area contributed by atoms with Crippen LogP contribution < -0.4 is 9.47 Å². The molecule has 4 rings (SSSR count). The van der Waals surface area contributed by atoms with Crippen LogP contribution in [0.4, 0.5) is 0 Å². The number of halogens is 1. The van der Waals surface area contributed by atoms with E-state index in [4.69, 9.17) is 25.8 Å². The van der Waals surface area contributed by atoms with Crippen LogP contribution in [0.25, 0.3) is 0 Å². The molecule has 0 N–H and O–H groups in total. The summed E-state index contributed by atoms with van der Waals surface area (Å²) in [5.41, 5.74) is -1.35. The quantitative estimate of drug-likeness (QED) is 0.667. The zero-order valence-electron chi connectivity index (χ0n) is 15.3. The number of esters is 1. The van der Waals surface area contributed by atoms with Crippen LogP contribution in [-0.2, 0) is 19.4 Å². The Labute approximate surface area is 172 Å². The van der Waals surface area contributed by atoms with Crippen LogP contribution >= 0.6 is 11.6 Å². The zero-order valence-corrected chi connectivity index (χ0v) is 16.9. The predicted octanol–water partition coefficient (Wildman–Crippen LogP) is 3.08. The molecular formula is C20H16ClNO6S. The molecule has 2 aliphatic rings. The molecule has 0 amide bonds. The summed E-state index contributed by atoms with van der Waals surface area (Å²) >= 11 is 5.86. The van der Waals surface area contributed by atoms with Crippen molar-refractivity contribution in [2.24, 2.45) is 5.41 Å². The van der Waals surface area contributed by atoms with E-state index in [0.29, 0.717) is 22.1 Å². The highest BCUT2D eigenvalue weighted by Gasteiger charge is 2.77. The molecule has 0 bridgehead atoms. The molecule has 7 nitrogen and oxygen atoms in total. The van der Waals surface area contributed by atoms with Crippen molar-refractivity contribution < 1.29 is 27.4 Å². The van der Waals surface area contributed by atoms with Gasteiger partial charge in [-0.1, -0.05) is 17.7 Å². The standard InChI is InChI=1S/C20H16ClNO6S/c1-2-26-19(23)20(10-22)17(12-3-8-15-16(9-12)28-11-27-15)18(20)29(24,25)14-6-4-13(21)5-7-14/h3-9,17-18H,2,11H2,1H3. The fourth-order valence-corrected chi connectivity index (χ4v) is 6.14. The number of hydrogen-bond donors (Lipinski definition) is 0. The Hall–Kier alpha value is -2.76. The summed E-state index contributed by atoms with van der Waals surface area (Å²) in [6, 6.07) is 12.4. The first-order valence-corrected chi connectivity index (χ1v) is 10.8. The summed E-state index contributed by atoms with van der Waals surface area (Å²) in [7, 11) is -4.03. The zero-order chi connectivity index (χ0) is 20.8. The number of sulfone groups is 1. The van der Waals surface area contributed by atoms with Crippen molar-refractivity contribution in [3.05, 3.63) is 53.1 Å². The van der Waals surface area contributed by atoms with Crippen molar-refractivity contribution in [2.45, 2.75) is 23.0 Å². The number of fused-ring (bicyclic) bond motifs is 1. The number of hydrogen-bond acceptors (Lipinski definition) is 7. The summed E-state index contributed by atoms with van der Waals surface area (Å²) in [6.07, 6.45) is 0. The molecule has 1 aliphatic carbocycles. The van der Waals surface area contributed by atoms with E-state index in [1.54, 1.807) is 25.1 Å². The molecule has 9 heteroatoms. The van der Waals surface area contributed by atoms with Gasteiger partial charge in [0.25, 0.3) is 0 Å². The molecule has 3 unspecified atom stereocenters.